The number of hydrogen-bond acceptors (Lipinski definition) is 4. The standard InChI is InChI=1S/C11H19N3O2/c1-8(2)9(12-3)7-14-11(15)6-5-10(13-14)16-4/h5-6,8-9,12H,7H2,1-4H3. The molecule has 0 saturated heterocycles. The van der Waals surface area contributed by atoms with Crippen LogP contribution in [0.1, 0.15) is 13.8 Å². The topological polar surface area (TPSA) is 56.1 Å². The summed E-state index contributed by atoms with van der Waals surface area (Å²) in [4.78, 5) is 11.6. The molecule has 0 aliphatic rings. The first kappa shape index (κ1) is 12.7. The molecule has 1 aromatic rings. The van der Waals surface area contributed by atoms with Gasteiger partial charge in [-0.3, -0.25) is 4.79 Å². The molecule has 0 aliphatic heterocycles. The van der Waals surface area contributed by atoms with Crippen LogP contribution in [0.5, 0.6) is 5.88 Å². The van der Waals surface area contributed by atoms with Crippen LogP contribution < -0.4 is 15.6 Å². The van der Waals surface area contributed by atoms with Gasteiger partial charge in [0.1, 0.15) is 0 Å². The van der Waals surface area contributed by atoms with Crippen LogP contribution in [0.2, 0.25) is 0 Å². The van der Waals surface area contributed by atoms with E-state index in [0.717, 1.165) is 0 Å². The lowest BCUT2D eigenvalue weighted by Gasteiger charge is -2.20. The van der Waals surface area contributed by atoms with Gasteiger partial charge in [0.15, 0.2) is 0 Å². The number of hydrogen-bond donors (Lipinski definition) is 1. The highest BCUT2D eigenvalue weighted by Gasteiger charge is 2.13. The summed E-state index contributed by atoms with van der Waals surface area (Å²) in [5.41, 5.74) is -0.110. The first-order valence-corrected chi connectivity index (χ1v) is 5.38. The number of nitrogens with zero attached hydrogens (tertiary/aromatic N) is 2. The first-order chi connectivity index (χ1) is 7.58. The van der Waals surface area contributed by atoms with Gasteiger partial charge in [-0.15, -0.1) is 5.10 Å². The summed E-state index contributed by atoms with van der Waals surface area (Å²) < 4.78 is 6.42. The Morgan fingerprint density at radius 3 is 2.69 bits per heavy atom. The molecule has 90 valence electrons. The van der Waals surface area contributed by atoms with Crippen molar-refractivity contribution in [3.63, 3.8) is 0 Å². The maximum atomic E-state index is 11.6. The Morgan fingerprint density at radius 1 is 1.50 bits per heavy atom. The summed E-state index contributed by atoms with van der Waals surface area (Å²) in [7, 11) is 3.42. The van der Waals surface area contributed by atoms with Crippen LogP contribution in [0.25, 0.3) is 0 Å². The van der Waals surface area contributed by atoms with Crippen LogP contribution in [-0.4, -0.2) is 30.0 Å². The maximum absolute atomic E-state index is 11.6. The molecule has 5 heteroatoms. The second-order valence-corrected chi connectivity index (χ2v) is 4.04. The van der Waals surface area contributed by atoms with Crippen molar-refractivity contribution in [3.05, 3.63) is 22.5 Å². The van der Waals surface area contributed by atoms with Gasteiger partial charge in [-0.05, 0) is 13.0 Å². The fourth-order valence-electron chi connectivity index (χ4n) is 1.49. The van der Waals surface area contributed by atoms with E-state index in [1.54, 1.807) is 6.07 Å². The molecule has 0 aromatic carbocycles. The Kier molecular flexibility index (Phi) is 4.49. The van der Waals surface area contributed by atoms with Crippen molar-refractivity contribution in [3.8, 4) is 5.88 Å². The molecular formula is C11H19N3O2. The van der Waals surface area contributed by atoms with Gasteiger partial charge in [-0.25, -0.2) is 4.68 Å². The molecule has 1 aromatic heterocycles. The van der Waals surface area contributed by atoms with Gasteiger partial charge >= 0.3 is 0 Å². The Balaban J connectivity index is 2.90. The quantitative estimate of drug-likeness (QED) is 0.792. The Labute approximate surface area is 95.4 Å². The third-order valence-corrected chi connectivity index (χ3v) is 2.60. The van der Waals surface area contributed by atoms with Gasteiger partial charge in [-0.2, -0.15) is 0 Å². The van der Waals surface area contributed by atoms with Crippen LogP contribution in [0.15, 0.2) is 16.9 Å². The highest BCUT2D eigenvalue weighted by molar-refractivity contribution is 5.06. The molecule has 0 amide bonds. The zero-order valence-electron chi connectivity index (χ0n) is 10.2. The summed E-state index contributed by atoms with van der Waals surface area (Å²) in [6.45, 7) is 4.75. The minimum Gasteiger partial charge on any atom is -0.480 e. The van der Waals surface area contributed by atoms with E-state index in [0.29, 0.717) is 18.3 Å². The molecule has 1 N–H and O–H groups in total. The van der Waals surface area contributed by atoms with Gasteiger partial charge in [-0.1, -0.05) is 13.8 Å². The Bertz CT molecular complexity index is 387. The number of aromatic nitrogens is 2. The largest absolute Gasteiger partial charge is 0.480 e. The van der Waals surface area contributed by atoms with E-state index < -0.39 is 0 Å². The van der Waals surface area contributed by atoms with Crippen LogP contribution in [0.3, 0.4) is 0 Å². The minimum atomic E-state index is -0.110. The van der Waals surface area contributed by atoms with Crippen LogP contribution in [0, 0.1) is 5.92 Å². The smallest absolute Gasteiger partial charge is 0.267 e. The zero-order chi connectivity index (χ0) is 12.1. The third-order valence-electron chi connectivity index (χ3n) is 2.60. The Morgan fingerprint density at radius 2 is 2.19 bits per heavy atom. The van der Waals surface area contributed by atoms with E-state index in [9.17, 15) is 4.79 Å². The van der Waals surface area contributed by atoms with Crippen molar-refractivity contribution in [1.82, 2.24) is 15.1 Å². The summed E-state index contributed by atoms with van der Waals surface area (Å²) in [6.07, 6.45) is 0. The summed E-state index contributed by atoms with van der Waals surface area (Å²) in [5, 5.41) is 7.28. The van der Waals surface area contributed by atoms with Gasteiger partial charge in [0, 0.05) is 18.2 Å². The first-order valence-electron chi connectivity index (χ1n) is 5.38. The zero-order valence-corrected chi connectivity index (χ0v) is 10.2. The van der Waals surface area contributed by atoms with Gasteiger partial charge < -0.3 is 10.1 Å². The molecule has 0 radical (unpaired) electrons. The average Bonchev–Trinajstić information content (AvgIpc) is 2.27. The van der Waals surface area contributed by atoms with E-state index in [2.05, 4.69) is 24.3 Å². The third kappa shape index (κ3) is 3.06. The van der Waals surface area contributed by atoms with E-state index in [1.807, 2.05) is 7.05 Å². The van der Waals surface area contributed by atoms with E-state index in [1.165, 1.54) is 17.9 Å². The maximum Gasteiger partial charge on any atom is 0.267 e. The van der Waals surface area contributed by atoms with Gasteiger partial charge in [0.25, 0.3) is 5.56 Å². The molecular weight excluding hydrogens is 206 g/mol. The monoisotopic (exact) mass is 225 g/mol. The fraction of sp³-hybridized carbons (Fsp3) is 0.636. The van der Waals surface area contributed by atoms with Gasteiger partial charge in [0.2, 0.25) is 5.88 Å². The molecule has 0 aliphatic carbocycles. The molecule has 0 saturated carbocycles. The molecule has 1 heterocycles. The van der Waals surface area contributed by atoms with E-state index in [-0.39, 0.29) is 11.6 Å². The van der Waals surface area contributed by atoms with E-state index in [4.69, 9.17) is 4.74 Å². The number of ether oxygens (including phenoxy) is 1. The Hall–Kier alpha value is -1.36. The number of rotatable bonds is 5. The van der Waals surface area contributed by atoms with Gasteiger partial charge in [0.05, 0.1) is 13.7 Å². The second-order valence-electron chi connectivity index (χ2n) is 4.04. The number of methoxy groups -OCH3 is 1. The fourth-order valence-corrected chi connectivity index (χ4v) is 1.49. The number of likely N-dealkylation sites (N-methyl/N-ethyl adjacent to an activating group) is 1. The molecule has 1 atom stereocenters. The molecule has 0 spiro atoms. The van der Waals surface area contributed by atoms with Crippen LogP contribution >= 0.6 is 0 Å². The molecule has 0 fully saturated rings. The molecule has 16 heavy (non-hydrogen) atoms. The molecule has 1 rings (SSSR count). The predicted molar refractivity (Wildman–Crippen MR) is 62.7 cm³/mol. The summed E-state index contributed by atoms with van der Waals surface area (Å²) in [5.74, 6) is 0.892. The normalized spacial score (nSPS) is 12.8. The van der Waals surface area contributed by atoms with Crippen molar-refractivity contribution in [2.75, 3.05) is 14.2 Å². The minimum absolute atomic E-state index is 0.110. The molecule has 1 unspecified atom stereocenters. The van der Waals surface area contributed by atoms with Crippen molar-refractivity contribution >= 4 is 0 Å². The van der Waals surface area contributed by atoms with Crippen LogP contribution in [0.4, 0.5) is 0 Å². The van der Waals surface area contributed by atoms with Crippen molar-refractivity contribution < 1.29 is 4.74 Å². The predicted octanol–water partition coefficient (Wildman–Crippen LogP) is 0.496. The van der Waals surface area contributed by atoms with Crippen molar-refractivity contribution in [2.45, 2.75) is 26.4 Å². The lowest BCUT2D eigenvalue weighted by molar-refractivity contribution is 0.332. The highest BCUT2D eigenvalue weighted by Crippen LogP contribution is 2.04. The molecule has 0 bridgehead atoms. The van der Waals surface area contributed by atoms with E-state index >= 15 is 0 Å². The summed E-state index contributed by atoms with van der Waals surface area (Å²) in [6, 6.07) is 3.26. The van der Waals surface area contributed by atoms with Crippen molar-refractivity contribution in [1.29, 1.82) is 0 Å². The lowest BCUT2D eigenvalue weighted by Crippen LogP contribution is -2.39. The average molecular weight is 225 g/mol. The SMILES string of the molecule is CNC(Cn1nc(OC)ccc1=O)C(C)C. The highest BCUT2D eigenvalue weighted by atomic mass is 16.5. The second kappa shape index (κ2) is 5.65. The lowest BCUT2D eigenvalue weighted by atomic mass is 10.1. The van der Waals surface area contributed by atoms with Crippen LogP contribution in [-0.2, 0) is 6.54 Å². The molecule has 5 nitrogen and oxygen atoms in total. The number of nitrogens with one attached hydrogen (secondary N) is 1. The van der Waals surface area contributed by atoms with Crippen molar-refractivity contribution in [2.24, 2.45) is 5.92 Å². The summed E-state index contributed by atoms with van der Waals surface area (Å²) >= 11 is 0.